The normalized spacial score (nSPS) is 15.3. The zero-order chi connectivity index (χ0) is 43.7. The molecule has 3 unspecified atom stereocenters. The van der Waals surface area contributed by atoms with Crippen LogP contribution in [0.1, 0.15) is 220 Å². The highest BCUT2D eigenvalue weighted by Gasteiger charge is 2.27. The SMILES string of the molecule is CCCCCCCC/C=C\CCCCCCCC(=O)NCC(NC(=O)CCCCCCC/C=C\CCCCCCCC)C(=O)NCCN=CC1CCCN1C(=O)CC(C)N. The maximum absolute atomic E-state index is 13.3. The number of aliphatic imine (C=N–C) groups is 1. The second-order valence-corrected chi connectivity index (χ2v) is 17.4. The van der Waals surface area contributed by atoms with Gasteiger partial charge < -0.3 is 26.6 Å². The van der Waals surface area contributed by atoms with Gasteiger partial charge in [-0.25, -0.2) is 0 Å². The molecule has 1 saturated heterocycles. The van der Waals surface area contributed by atoms with Crippen molar-refractivity contribution in [3.05, 3.63) is 24.3 Å². The average molecular weight is 841 g/mol. The molecule has 0 radical (unpaired) electrons. The molecule has 1 rings (SSSR count). The zero-order valence-corrected chi connectivity index (χ0v) is 39.0. The third-order valence-corrected chi connectivity index (χ3v) is 11.4. The molecule has 0 bridgehead atoms. The molecule has 0 aromatic carbocycles. The van der Waals surface area contributed by atoms with E-state index in [1.165, 1.54) is 109 Å². The molecule has 1 aliphatic rings. The van der Waals surface area contributed by atoms with Crippen LogP contribution in [0.15, 0.2) is 29.3 Å². The molecular formula is C50H92N6O4. The number of carbonyl (C=O) groups excluding carboxylic acids is 4. The second kappa shape index (κ2) is 40.1. The minimum atomic E-state index is -0.858. The first-order valence-electron chi connectivity index (χ1n) is 25.0. The van der Waals surface area contributed by atoms with Gasteiger partial charge in [0.2, 0.25) is 23.6 Å². The molecule has 0 aromatic heterocycles. The van der Waals surface area contributed by atoms with E-state index in [-0.39, 0.29) is 42.3 Å². The van der Waals surface area contributed by atoms with E-state index in [1.807, 2.05) is 11.8 Å². The maximum Gasteiger partial charge on any atom is 0.244 e. The molecule has 10 heteroatoms. The average Bonchev–Trinajstić information content (AvgIpc) is 3.70. The Morgan fingerprint density at radius 3 is 1.62 bits per heavy atom. The van der Waals surface area contributed by atoms with Crippen molar-refractivity contribution < 1.29 is 19.2 Å². The van der Waals surface area contributed by atoms with Crippen LogP contribution in [0.4, 0.5) is 0 Å². The molecule has 5 N–H and O–H groups in total. The highest BCUT2D eigenvalue weighted by molar-refractivity contribution is 5.88. The first-order chi connectivity index (χ1) is 29.3. The number of nitrogens with two attached hydrogens (primary N) is 1. The zero-order valence-electron chi connectivity index (χ0n) is 39.0. The van der Waals surface area contributed by atoms with E-state index in [1.54, 1.807) is 6.21 Å². The minimum absolute atomic E-state index is 0.0481. The number of unbranched alkanes of at least 4 members (excludes halogenated alkanes) is 22. The van der Waals surface area contributed by atoms with E-state index in [9.17, 15) is 19.2 Å². The predicted octanol–water partition coefficient (Wildman–Crippen LogP) is 10.6. The van der Waals surface area contributed by atoms with Crippen LogP contribution in [-0.2, 0) is 19.2 Å². The van der Waals surface area contributed by atoms with E-state index in [2.05, 4.69) is 59.1 Å². The highest BCUT2D eigenvalue weighted by Crippen LogP contribution is 2.17. The van der Waals surface area contributed by atoms with Gasteiger partial charge in [-0.05, 0) is 84.0 Å². The van der Waals surface area contributed by atoms with Crippen molar-refractivity contribution in [2.45, 2.75) is 238 Å². The largest absolute Gasteiger partial charge is 0.353 e. The lowest BCUT2D eigenvalue weighted by atomic mass is 10.1. The Morgan fingerprint density at radius 2 is 1.12 bits per heavy atom. The third-order valence-electron chi connectivity index (χ3n) is 11.4. The summed E-state index contributed by atoms with van der Waals surface area (Å²) in [6, 6.07) is -1.09. The smallest absolute Gasteiger partial charge is 0.244 e. The predicted molar refractivity (Wildman–Crippen MR) is 253 cm³/mol. The number of nitrogens with zero attached hydrogens (tertiary/aromatic N) is 2. The number of hydrogen-bond donors (Lipinski definition) is 4. The van der Waals surface area contributed by atoms with E-state index >= 15 is 0 Å². The quantitative estimate of drug-likeness (QED) is 0.0276. The summed E-state index contributed by atoms with van der Waals surface area (Å²) in [6.45, 7) is 7.75. The molecule has 3 atom stereocenters. The molecule has 346 valence electrons. The minimum Gasteiger partial charge on any atom is -0.353 e. The van der Waals surface area contributed by atoms with Gasteiger partial charge in [-0.2, -0.15) is 0 Å². The maximum atomic E-state index is 13.3. The van der Waals surface area contributed by atoms with Crippen LogP contribution in [0.5, 0.6) is 0 Å². The number of amides is 4. The number of hydrogen-bond acceptors (Lipinski definition) is 6. The van der Waals surface area contributed by atoms with Crippen molar-refractivity contribution in [1.82, 2.24) is 20.9 Å². The fourth-order valence-electron chi connectivity index (χ4n) is 7.71. The number of carbonyl (C=O) groups is 4. The molecule has 0 aromatic rings. The Kier molecular flexibility index (Phi) is 36.7. The van der Waals surface area contributed by atoms with Crippen LogP contribution in [0.25, 0.3) is 0 Å². The monoisotopic (exact) mass is 841 g/mol. The summed E-state index contributed by atoms with van der Waals surface area (Å²) in [6.07, 6.45) is 45.1. The van der Waals surface area contributed by atoms with Crippen LogP contribution < -0.4 is 21.7 Å². The van der Waals surface area contributed by atoms with Crippen molar-refractivity contribution in [3.8, 4) is 0 Å². The van der Waals surface area contributed by atoms with Crippen LogP contribution in [-0.4, -0.2) is 79.0 Å². The lowest BCUT2D eigenvalue weighted by Gasteiger charge is -2.22. The van der Waals surface area contributed by atoms with Crippen molar-refractivity contribution in [1.29, 1.82) is 0 Å². The van der Waals surface area contributed by atoms with E-state index in [4.69, 9.17) is 5.73 Å². The van der Waals surface area contributed by atoms with Crippen LogP contribution >= 0.6 is 0 Å². The second-order valence-electron chi connectivity index (χ2n) is 17.4. The first kappa shape index (κ1) is 55.0. The molecule has 1 heterocycles. The first-order valence-corrected chi connectivity index (χ1v) is 25.0. The van der Waals surface area contributed by atoms with Crippen LogP contribution in [0.3, 0.4) is 0 Å². The van der Waals surface area contributed by atoms with Gasteiger partial charge in [0.15, 0.2) is 0 Å². The molecule has 4 amide bonds. The van der Waals surface area contributed by atoms with Crippen molar-refractivity contribution in [3.63, 3.8) is 0 Å². The summed E-state index contributed by atoms with van der Waals surface area (Å²) >= 11 is 0. The molecule has 0 saturated carbocycles. The van der Waals surface area contributed by atoms with Gasteiger partial charge in [-0.15, -0.1) is 0 Å². The Bertz CT molecular complexity index is 1170. The lowest BCUT2D eigenvalue weighted by Crippen LogP contribution is -2.53. The Balaban J connectivity index is 2.42. The van der Waals surface area contributed by atoms with E-state index in [0.717, 1.165) is 70.6 Å². The highest BCUT2D eigenvalue weighted by atomic mass is 16.2. The van der Waals surface area contributed by atoms with Gasteiger partial charge in [0.05, 0.1) is 12.6 Å². The molecule has 0 aliphatic carbocycles. The van der Waals surface area contributed by atoms with Gasteiger partial charge in [0, 0.05) is 51.2 Å². The van der Waals surface area contributed by atoms with Crippen LogP contribution in [0, 0.1) is 0 Å². The van der Waals surface area contributed by atoms with Crippen molar-refractivity contribution >= 4 is 29.8 Å². The summed E-state index contributed by atoms with van der Waals surface area (Å²) in [7, 11) is 0. The fourth-order valence-corrected chi connectivity index (χ4v) is 7.71. The third kappa shape index (κ3) is 32.7. The summed E-state index contributed by atoms with van der Waals surface area (Å²) < 4.78 is 0. The van der Waals surface area contributed by atoms with E-state index in [0.29, 0.717) is 38.9 Å². The van der Waals surface area contributed by atoms with Gasteiger partial charge >= 0.3 is 0 Å². The molecule has 1 fully saturated rings. The Labute approximate surface area is 368 Å². The standard InChI is InChI=1S/C50H92N6O4/c1-4-6-8-10-12-14-16-18-20-22-24-26-28-30-32-36-47(57)54-43-46(50(60)53-39-38-52-42-45-35-34-40-56(45)49(59)41-44(3)51)55-48(58)37-33-31-29-27-25-23-21-19-17-15-13-11-9-7-5-2/h18-21,42,44-46H,4-17,22-41,43,51H2,1-3H3,(H,53,60)(H,54,57)(H,55,58)/b20-18-,21-19-,52-42?. The van der Waals surface area contributed by atoms with Gasteiger partial charge in [0.1, 0.15) is 6.04 Å². The Hall–Kier alpha value is -3.01. The van der Waals surface area contributed by atoms with E-state index < -0.39 is 6.04 Å². The number of likely N-dealkylation sites (tertiary alicyclic amines) is 1. The number of nitrogens with one attached hydrogen (secondary N) is 3. The summed E-state index contributed by atoms with van der Waals surface area (Å²) in [5.74, 6) is -0.553. The number of rotatable bonds is 40. The lowest BCUT2D eigenvalue weighted by molar-refractivity contribution is -0.131. The topological polar surface area (TPSA) is 146 Å². The molecular weight excluding hydrogens is 749 g/mol. The summed E-state index contributed by atoms with van der Waals surface area (Å²) in [4.78, 5) is 57.9. The van der Waals surface area contributed by atoms with Gasteiger partial charge in [-0.1, -0.05) is 141 Å². The summed E-state index contributed by atoms with van der Waals surface area (Å²) in [5.41, 5.74) is 5.84. The van der Waals surface area contributed by atoms with Crippen molar-refractivity contribution in [2.75, 3.05) is 26.2 Å². The molecule has 10 nitrogen and oxygen atoms in total. The van der Waals surface area contributed by atoms with Gasteiger partial charge in [0.25, 0.3) is 0 Å². The van der Waals surface area contributed by atoms with Crippen LogP contribution in [0.2, 0.25) is 0 Å². The summed E-state index contributed by atoms with van der Waals surface area (Å²) in [5, 5.41) is 8.69. The molecule has 1 aliphatic heterocycles. The van der Waals surface area contributed by atoms with Gasteiger partial charge in [-0.3, -0.25) is 24.2 Å². The fraction of sp³-hybridized carbons (Fsp3) is 0.820. The molecule has 0 spiro atoms. The molecule has 60 heavy (non-hydrogen) atoms. The Morgan fingerprint density at radius 1 is 0.650 bits per heavy atom. The number of allylic oxidation sites excluding steroid dienone is 4. The van der Waals surface area contributed by atoms with Crippen molar-refractivity contribution in [2.24, 2.45) is 10.7 Å².